The number of pyridine rings is 1. The maximum atomic E-state index is 15.5. The number of nitrogens with one attached hydrogen (secondary N) is 1. The fourth-order valence-electron chi connectivity index (χ4n) is 8.71. The van der Waals surface area contributed by atoms with E-state index in [0.717, 1.165) is 27.3 Å². The zero-order valence-corrected chi connectivity index (χ0v) is 36.2. The Morgan fingerprint density at radius 2 is 1.72 bits per heavy atom. The Balaban J connectivity index is 1.22. The smallest absolute Gasteiger partial charge is 0.293 e. The van der Waals surface area contributed by atoms with Gasteiger partial charge in [-0.3, -0.25) is 23.5 Å². The van der Waals surface area contributed by atoms with E-state index in [0.29, 0.717) is 27.8 Å². The van der Waals surface area contributed by atoms with Gasteiger partial charge in [0.05, 0.1) is 53.0 Å². The van der Waals surface area contributed by atoms with Crippen molar-refractivity contribution in [2.24, 2.45) is 13.0 Å². The highest BCUT2D eigenvalue weighted by molar-refractivity contribution is 7.92. The van der Waals surface area contributed by atoms with Gasteiger partial charge in [0.25, 0.3) is 17.9 Å². The maximum Gasteiger partial charge on any atom is 0.293 e. The standard InChI is InChI=1S/C43H36ClF6N9O5S/c1-20-5-10-26-39(51-20)53-40(30(15-22-13-23(45)16-24(46)14-22)52-32(60)19-57-37-33(35(54-57)38(47)48)27-17-28(27)43(37,49)50)59(42(26)61)31-12-11-29(44)34-36(31)56(2)55-41(34)58(65(4,62)63)18-21-6-8-25(64-3)9-7-21/h5-14,16,27-28,30,38H,15,17-19H2,1-4H3,(H,52,60)/t27-,28+,30-/m0/s1. The SMILES string of the molecule is COc1ccc(CN(c2nn(C)c3c(-n4c([C@H](Cc5cc(F)cc(F)c5)NC(=O)Cn5nc(C(F)F)c6c5C(F)(F)[C@@H]5C[C@H]65)nc5nc(C)ccc5c4=O)ccc(Cl)c23)S(C)(=O)=O)cc1. The number of fused-ring (bicyclic) bond motifs is 5. The summed E-state index contributed by atoms with van der Waals surface area (Å²) in [5.41, 5.74) is -1.73. The molecule has 1 amide bonds. The van der Waals surface area contributed by atoms with Crippen LogP contribution in [0.3, 0.4) is 0 Å². The quantitative estimate of drug-likeness (QED) is 0.117. The number of hydrogen-bond acceptors (Lipinski definition) is 9. The summed E-state index contributed by atoms with van der Waals surface area (Å²) in [7, 11) is -1.12. The lowest BCUT2D eigenvalue weighted by molar-refractivity contribution is -0.123. The number of amides is 1. The van der Waals surface area contributed by atoms with E-state index in [1.54, 1.807) is 37.3 Å². The molecule has 3 aromatic carbocycles. The second-order valence-electron chi connectivity index (χ2n) is 16.1. The average molecular weight is 940 g/mol. The minimum Gasteiger partial charge on any atom is -0.497 e. The summed E-state index contributed by atoms with van der Waals surface area (Å²) in [5, 5.41) is 11.1. The molecule has 14 nitrogen and oxygen atoms in total. The fraction of sp³-hybridized carbons (Fsp3) is 0.302. The zero-order chi connectivity index (χ0) is 46.4. The molecule has 0 bridgehead atoms. The molecular weight excluding hydrogens is 904 g/mol. The lowest BCUT2D eigenvalue weighted by Crippen LogP contribution is -2.38. The number of methoxy groups -OCH3 is 1. The normalized spacial score (nSPS) is 16.8. The number of sulfonamides is 1. The zero-order valence-electron chi connectivity index (χ0n) is 34.7. The van der Waals surface area contributed by atoms with Crippen LogP contribution in [0, 0.1) is 24.5 Å². The summed E-state index contributed by atoms with van der Waals surface area (Å²) in [6.07, 6.45) is -2.70. The first-order valence-corrected chi connectivity index (χ1v) is 22.2. The second kappa shape index (κ2) is 15.9. The van der Waals surface area contributed by atoms with Crippen molar-refractivity contribution in [2.75, 3.05) is 17.7 Å². The highest BCUT2D eigenvalue weighted by Crippen LogP contribution is 2.68. The molecule has 1 saturated carbocycles. The lowest BCUT2D eigenvalue weighted by Gasteiger charge is -2.24. The van der Waals surface area contributed by atoms with Crippen molar-refractivity contribution in [2.45, 2.75) is 57.2 Å². The van der Waals surface area contributed by atoms with Crippen molar-refractivity contribution in [3.8, 4) is 11.4 Å². The summed E-state index contributed by atoms with van der Waals surface area (Å²) in [6.45, 7) is 0.447. The first kappa shape index (κ1) is 43.8. The molecule has 0 aliphatic heterocycles. The van der Waals surface area contributed by atoms with E-state index in [4.69, 9.17) is 21.3 Å². The minimum absolute atomic E-state index is 0.00632. The Hall–Kier alpha value is -6.48. The predicted octanol–water partition coefficient (Wildman–Crippen LogP) is 7.33. The summed E-state index contributed by atoms with van der Waals surface area (Å²) >= 11 is 6.86. The molecule has 2 aliphatic carbocycles. The Morgan fingerprint density at radius 1 is 1.02 bits per heavy atom. The third-order valence-electron chi connectivity index (χ3n) is 11.6. The van der Waals surface area contributed by atoms with E-state index < -0.39 is 87.7 Å². The molecule has 1 N–H and O–H groups in total. The summed E-state index contributed by atoms with van der Waals surface area (Å²) in [4.78, 5) is 38.3. The van der Waals surface area contributed by atoms with Crippen LogP contribution in [0.25, 0.3) is 27.6 Å². The summed E-state index contributed by atoms with van der Waals surface area (Å²) in [6, 6.07) is 13.5. The van der Waals surface area contributed by atoms with E-state index in [9.17, 15) is 35.6 Å². The van der Waals surface area contributed by atoms with Crippen LogP contribution in [0.2, 0.25) is 5.02 Å². The number of rotatable bonds is 13. The number of aryl methyl sites for hydroxylation is 2. The number of carbonyl (C=O) groups excluding carboxylic acids is 1. The van der Waals surface area contributed by atoms with Crippen LogP contribution in [0.15, 0.2) is 71.5 Å². The molecule has 1 fully saturated rings. The van der Waals surface area contributed by atoms with E-state index in [1.807, 2.05) is 0 Å². The van der Waals surface area contributed by atoms with Crippen LogP contribution in [0.4, 0.5) is 32.2 Å². The average Bonchev–Trinajstić information content (AvgIpc) is 3.76. The molecule has 0 radical (unpaired) electrons. The largest absolute Gasteiger partial charge is 0.497 e. The first-order chi connectivity index (χ1) is 30.7. The van der Waals surface area contributed by atoms with Crippen molar-refractivity contribution >= 4 is 55.3 Å². The fourth-order valence-corrected chi connectivity index (χ4v) is 9.77. The van der Waals surface area contributed by atoms with Gasteiger partial charge in [-0.1, -0.05) is 23.7 Å². The number of benzene rings is 3. The Kier molecular flexibility index (Phi) is 10.7. The summed E-state index contributed by atoms with van der Waals surface area (Å²) < 4.78 is 125. The van der Waals surface area contributed by atoms with Gasteiger partial charge in [-0.05, 0) is 78.9 Å². The van der Waals surface area contributed by atoms with Gasteiger partial charge in [0.1, 0.15) is 41.1 Å². The van der Waals surface area contributed by atoms with E-state index >= 15 is 8.78 Å². The number of anilines is 1. The number of carbonyl (C=O) groups is 1. The molecule has 3 atom stereocenters. The molecule has 2 aliphatic rings. The monoisotopic (exact) mass is 939 g/mol. The molecule has 7 aromatic rings. The molecule has 4 aromatic heterocycles. The Labute approximate surface area is 370 Å². The van der Waals surface area contributed by atoms with Gasteiger partial charge in [0, 0.05) is 36.7 Å². The van der Waals surface area contributed by atoms with Gasteiger partial charge in [-0.15, -0.1) is 0 Å². The molecule has 65 heavy (non-hydrogen) atoms. The number of ether oxygens (including phenoxy) is 1. The van der Waals surface area contributed by atoms with Crippen LogP contribution in [-0.4, -0.2) is 61.8 Å². The first-order valence-electron chi connectivity index (χ1n) is 19.9. The van der Waals surface area contributed by atoms with Crippen LogP contribution in [0.1, 0.15) is 64.4 Å². The second-order valence-corrected chi connectivity index (χ2v) is 18.4. The van der Waals surface area contributed by atoms with Gasteiger partial charge < -0.3 is 10.1 Å². The number of halogens is 7. The molecule has 0 unspecified atom stereocenters. The molecule has 0 spiro atoms. The van der Waals surface area contributed by atoms with Crippen LogP contribution in [-0.2, 0) is 47.3 Å². The predicted molar refractivity (Wildman–Crippen MR) is 226 cm³/mol. The molecule has 0 saturated heterocycles. The van der Waals surface area contributed by atoms with Crippen LogP contribution < -0.4 is 19.9 Å². The molecular formula is C43H36ClF6N9O5S. The number of hydrogen-bond donors (Lipinski definition) is 1. The lowest BCUT2D eigenvalue weighted by atomic mass is 10.0. The molecule has 4 heterocycles. The van der Waals surface area contributed by atoms with Gasteiger partial charge in [-0.2, -0.15) is 19.0 Å². The van der Waals surface area contributed by atoms with Crippen molar-refractivity contribution in [3.63, 3.8) is 0 Å². The van der Waals surface area contributed by atoms with Gasteiger partial charge in [0.15, 0.2) is 11.5 Å². The minimum atomic E-state index is -4.09. The van der Waals surface area contributed by atoms with Crippen LogP contribution >= 0.6 is 11.6 Å². The molecule has 9 rings (SSSR count). The highest BCUT2D eigenvalue weighted by atomic mass is 35.5. The third kappa shape index (κ3) is 7.72. The Morgan fingerprint density at radius 3 is 2.38 bits per heavy atom. The van der Waals surface area contributed by atoms with Crippen molar-refractivity contribution < 1.29 is 44.3 Å². The highest BCUT2D eigenvalue weighted by Gasteiger charge is 2.67. The summed E-state index contributed by atoms with van der Waals surface area (Å²) in [5.74, 6) is -8.47. The number of aromatic nitrogens is 7. The van der Waals surface area contributed by atoms with Gasteiger partial charge in [0.2, 0.25) is 15.9 Å². The third-order valence-corrected chi connectivity index (χ3v) is 13.0. The van der Waals surface area contributed by atoms with Crippen LogP contribution in [0.5, 0.6) is 5.75 Å². The maximum absolute atomic E-state index is 15.5. The van der Waals surface area contributed by atoms with E-state index in [-0.39, 0.29) is 68.4 Å². The topological polar surface area (TPSA) is 159 Å². The van der Waals surface area contributed by atoms with Crippen molar-refractivity contribution in [3.05, 3.63) is 133 Å². The van der Waals surface area contributed by atoms with Gasteiger partial charge in [-0.25, -0.2) is 40.3 Å². The number of nitrogens with zero attached hydrogens (tertiary/aromatic N) is 8. The Bertz CT molecular complexity index is 3250. The van der Waals surface area contributed by atoms with E-state index in [1.165, 1.54) is 37.0 Å². The van der Waals surface area contributed by atoms with E-state index in [2.05, 4.69) is 20.5 Å². The molecule has 22 heteroatoms. The van der Waals surface area contributed by atoms with Gasteiger partial charge >= 0.3 is 0 Å². The number of alkyl halides is 4. The molecule has 338 valence electrons. The van der Waals surface area contributed by atoms with Crippen molar-refractivity contribution in [1.82, 2.24) is 39.4 Å². The van der Waals surface area contributed by atoms with Crippen molar-refractivity contribution in [1.29, 1.82) is 0 Å².